The van der Waals surface area contributed by atoms with Crippen molar-refractivity contribution in [3.05, 3.63) is 0 Å². The number of nitrogens with zero attached hydrogens (tertiary/aromatic N) is 1. The van der Waals surface area contributed by atoms with E-state index in [0.29, 0.717) is 24.9 Å². The van der Waals surface area contributed by atoms with Crippen LogP contribution < -0.4 is 5.32 Å². The molecule has 2 N–H and O–H groups in total. The quantitative estimate of drug-likeness (QED) is 0.732. The van der Waals surface area contributed by atoms with Gasteiger partial charge >= 0.3 is 5.97 Å². The number of amides is 1. The zero-order valence-corrected chi connectivity index (χ0v) is 11.4. The summed E-state index contributed by atoms with van der Waals surface area (Å²) in [5.41, 5.74) is 0. The van der Waals surface area contributed by atoms with E-state index >= 15 is 0 Å². The second-order valence-electron chi connectivity index (χ2n) is 5.71. The van der Waals surface area contributed by atoms with Gasteiger partial charge in [0.15, 0.2) is 0 Å². The van der Waals surface area contributed by atoms with Gasteiger partial charge in [-0.2, -0.15) is 0 Å². The van der Waals surface area contributed by atoms with Crippen molar-refractivity contribution in [3.63, 3.8) is 0 Å². The van der Waals surface area contributed by atoms with E-state index < -0.39 is 5.97 Å². The highest BCUT2D eigenvalue weighted by atomic mass is 16.4. The highest BCUT2D eigenvalue weighted by molar-refractivity contribution is 5.76. The number of likely N-dealkylation sites (tertiary alicyclic amines) is 1. The maximum atomic E-state index is 11.7. The number of carbonyl (C=O) groups excluding carboxylic acids is 1. The summed E-state index contributed by atoms with van der Waals surface area (Å²) in [5.74, 6) is -0.581. The molecule has 0 bridgehead atoms. The van der Waals surface area contributed by atoms with Gasteiger partial charge in [0, 0.05) is 31.5 Å². The van der Waals surface area contributed by atoms with E-state index in [4.69, 9.17) is 5.11 Å². The van der Waals surface area contributed by atoms with Crippen LogP contribution in [0.4, 0.5) is 0 Å². The number of carbonyl (C=O) groups is 2. The van der Waals surface area contributed by atoms with Gasteiger partial charge in [-0.15, -0.1) is 0 Å². The number of rotatable bonds is 7. The Labute approximate surface area is 114 Å². The minimum atomic E-state index is -0.725. The summed E-state index contributed by atoms with van der Waals surface area (Å²) in [6.45, 7) is 1.77. The number of hydrogen-bond donors (Lipinski definition) is 2. The summed E-state index contributed by atoms with van der Waals surface area (Å²) in [5, 5.41) is 11.8. The molecule has 5 heteroatoms. The summed E-state index contributed by atoms with van der Waals surface area (Å²) >= 11 is 0. The Morgan fingerprint density at radius 1 is 1.16 bits per heavy atom. The van der Waals surface area contributed by atoms with Crippen molar-refractivity contribution in [1.29, 1.82) is 0 Å². The van der Waals surface area contributed by atoms with Crippen molar-refractivity contribution < 1.29 is 14.7 Å². The van der Waals surface area contributed by atoms with Crippen molar-refractivity contribution in [2.24, 2.45) is 0 Å². The van der Waals surface area contributed by atoms with Gasteiger partial charge in [-0.05, 0) is 38.6 Å². The number of aliphatic carboxylic acids is 1. The third kappa shape index (κ3) is 5.19. The van der Waals surface area contributed by atoms with E-state index in [2.05, 4.69) is 10.2 Å². The molecule has 0 radical (unpaired) electrons. The summed E-state index contributed by atoms with van der Waals surface area (Å²) in [6.07, 6.45) is 7.13. The van der Waals surface area contributed by atoms with Gasteiger partial charge in [-0.3, -0.25) is 14.5 Å². The molecule has 5 nitrogen and oxygen atoms in total. The average Bonchev–Trinajstić information content (AvgIpc) is 3.18. The lowest BCUT2D eigenvalue weighted by Crippen LogP contribution is -2.42. The fourth-order valence-corrected chi connectivity index (χ4v) is 2.74. The zero-order valence-electron chi connectivity index (χ0n) is 11.4. The molecule has 2 fully saturated rings. The van der Waals surface area contributed by atoms with Gasteiger partial charge in [-0.25, -0.2) is 0 Å². The molecule has 1 atom stereocenters. The zero-order chi connectivity index (χ0) is 13.7. The molecule has 1 aliphatic heterocycles. The molecule has 1 saturated carbocycles. The minimum absolute atomic E-state index is 0.144. The summed E-state index contributed by atoms with van der Waals surface area (Å²) in [7, 11) is 0. The monoisotopic (exact) mass is 268 g/mol. The Bertz CT molecular complexity index is 329. The minimum Gasteiger partial charge on any atom is -0.481 e. The third-order valence-corrected chi connectivity index (χ3v) is 4.01. The summed E-state index contributed by atoms with van der Waals surface area (Å²) in [6, 6.07) is 0.773. The summed E-state index contributed by atoms with van der Waals surface area (Å²) in [4.78, 5) is 24.6. The predicted octanol–water partition coefficient (Wildman–Crippen LogP) is 1.37. The highest BCUT2D eigenvalue weighted by Crippen LogP contribution is 2.22. The normalized spacial score (nSPS) is 24.1. The van der Waals surface area contributed by atoms with Crippen LogP contribution in [0.25, 0.3) is 0 Å². The highest BCUT2D eigenvalue weighted by Gasteiger charge is 2.25. The number of carboxylic acid groups (broad SMARTS) is 1. The van der Waals surface area contributed by atoms with E-state index in [1.54, 1.807) is 0 Å². The smallest absolute Gasteiger partial charge is 0.303 e. The molecule has 2 rings (SSSR count). The van der Waals surface area contributed by atoms with E-state index in [0.717, 1.165) is 38.8 Å². The van der Waals surface area contributed by atoms with E-state index in [9.17, 15) is 9.59 Å². The van der Waals surface area contributed by atoms with Crippen molar-refractivity contribution in [2.45, 2.75) is 63.5 Å². The molecule has 1 amide bonds. The van der Waals surface area contributed by atoms with Crippen LogP contribution in [-0.4, -0.2) is 47.1 Å². The molecular formula is C14H24N2O3. The van der Waals surface area contributed by atoms with E-state index in [1.807, 2.05) is 0 Å². The Balaban J connectivity index is 1.71. The Hall–Kier alpha value is -1.10. The Morgan fingerprint density at radius 2 is 1.95 bits per heavy atom. The second-order valence-corrected chi connectivity index (χ2v) is 5.71. The van der Waals surface area contributed by atoms with E-state index in [-0.39, 0.29) is 12.3 Å². The van der Waals surface area contributed by atoms with Crippen molar-refractivity contribution in [2.75, 3.05) is 13.1 Å². The van der Waals surface area contributed by atoms with Crippen LogP contribution in [0.5, 0.6) is 0 Å². The molecule has 0 aromatic rings. The van der Waals surface area contributed by atoms with Gasteiger partial charge in [-0.1, -0.05) is 6.42 Å². The first-order chi connectivity index (χ1) is 9.15. The molecule has 1 saturated heterocycles. The van der Waals surface area contributed by atoms with Crippen molar-refractivity contribution in [1.82, 2.24) is 10.2 Å². The van der Waals surface area contributed by atoms with E-state index in [1.165, 1.54) is 6.42 Å². The fraction of sp³-hybridized carbons (Fsp3) is 0.857. The number of piperidine rings is 1. The first-order valence-electron chi connectivity index (χ1n) is 7.40. The molecule has 1 unspecified atom stereocenters. The molecule has 1 heterocycles. The average molecular weight is 268 g/mol. The SMILES string of the molecule is O=C(O)CCC1CCCCN1CCC(=O)NC1CC1. The van der Waals surface area contributed by atoms with Crippen molar-refractivity contribution >= 4 is 11.9 Å². The number of nitrogens with one attached hydrogen (secondary N) is 1. The van der Waals surface area contributed by atoms with Crippen LogP contribution in [0.2, 0.25) is 0 Å². The molecule has 0 aromatic carbocycles. The van der Waals surface area contributed by atoms with Gasteiger partial charge in [0.25, 0.3) is 0 Å². The Kier molecular flexibility index (Phi) is 5.19. The van der Waals surface area contributed by atoms with Crippen LogP contribution in [0.1, 0.15) is 51.4 Å². The van der Waals surface area contributed by atoms with Crippen molar-refractivity contribution in [3.8, 4) is 0 Å². The first kappa shape index (κ1) is 14.3. The van der Waals surface area contributed by atoms with Crippen LogP contribution in [0.15, 0.2) is 0 Å². The Morgan fingerprint density at radius 3 is 2.63 bits per heavy atom. The number of hydrogen-bond acceptors (Lipinski definition) is 3. The maximum absolute atomic E-state index is 11.7. The molecule has 0 spiro atoms. The predicted molar refractivity (Wildman–Crippen MR) is 71.9 cm³/mol. The fourth-order valence-electron chi connectivity index (χ4n) is 2.74. The standard InChI is InChI=1S/C14H24N2O3/c17-13(15-11-4-5-11)8-10-16-9-2-1-3-12(16)6-7-14(18)19/h11-12H,1-10H2,(H,15,17)(H,18,19). The van der Waals surface area contributed by atoms with Crippen LogP contribution in [0, 0.1) is 0 Å². The molecule has 1 aliphatic carbocycles. The second kappa shape index (κ2) is 6.89. The largest absolute Gasteiger partial charge is 0.481 e. The third-order valence-electron chi connectivity index (χ3n) is 4.01. The maximum Gasteiger partial charge on any atom is 0.303 e. The lowest BCUT2D eigenvalue weighted by molar-refractivity contribution is -0.137. The van der Waals surface area contributed by atoms with Crippen LogP contribution in [0.3, 0.4) is 0 Å². The molecular weight excluding hydrogens is 244 g/mol. The molecule has 0 aromatic heterocycles. The van der Waals surface area contributed by atoms with Gasteiger partial charge < -0.3 is 10.4 Å². The lowest BCUT2D eigenvalue weighted by atomic mass is 9.97. The topological polar surface area (TPSA) is 69.6 Å². The van der Waals surface area contributed by atoms with Gasteiger partial charge in [0.05, 0.1) is 0 Å². The lowest BCUT2D eigenvalue weighted by Gasteiger charge is -2.35. The molecule has 108 valence electrons. The summed E-state index contributed by atoms with van der Waals surface area (Å²) < 4.78 is 0. The number of carboxylic acids is 1. The van der Waals surface area contributed by atoms with Gasteiger partial charge in [0.1, 0.15) is 0 Å². The van der Waals surface area contributed by atoms with Crippen LogP contribution in [-0.2, 0) is 9.59 Å². The van der Waals surface area contributed by atoms with Gasteiger partial charge in [0.2, 0.25) is 5.91 Å². The molecule has 19 heavy (non-hydrogen) atoms. The first-order valence-corrected chi connectivity index (χ1v) is 7.40. The molecule has 2 aliphatic rings. The van der Waals surface area contributed by atoms with Crippen LogP contribution >= 0.6 is 0 Å².